The summed E-state index contributed by atoms with van der Waals surface area (Å²) in [5.74, 6) is -1.06. The second kappa shape index (κ2) is 4.54. The van der Waals surface area contributed by atoms with Crippen molar-refractivity contribution >= 4 is 5.97 Å². The van der Waals surface area contributed by atoms with Gasteiger partial charge in [0, 0.05) is 11.0 Å². The van der Waals surface area contributed by atoms with Crippen LogP contribution in [0.3, 0.4) is 0 Å². The predicted octanol–water partition coefficient (Wildman–Crippen LogP) is 2.90. The normalized spacial score (nSPS) is 36.2. The number of aliphatic hydroxyl groups is 1. The quantitative estimate of drug-likeness (QED) is 0.585. The van der Waals surface area contributed by atoms with Crippen molar-refractivity contribution in [2.45, 2.75) is 52.1 Å². The summed E-state index contributed by atoms with van der Waals surface area (Å²) in [6.45, 7) is 7.90. The van der Waals surface area contributed by atoms with Crippen molar-refractivity contribution in [1.29, 1.82) is 0 Å². The van der Waals surface area contributed by atoms with Crippen LogP contribution in [0.5, 0.6) is 0 Å². The Hall–Kier alpha value is -1.09. The molecule has 0 aromatic rings. The number of aliphatic hydroxyl groups excluding tert-OH is 1. The molecule has 0 saturated heterocycles. The van der Waals surface area contributed by atoms with E-state index in [0.29, 0.717) is 6.42 Å². The molecular formula is C15H22O3. The third-order valence-corrected chi connectivity index (χ3v) is 4.91. The number of carboxylic acid groups (broad SMARTS) is 1. The van der Waals surface area contributed by atoms with Gasteiger partial charge < -0.3 is 10.2 Å². The Kier molecular flexibility index (Phi) is 3.37. The van der Waals surface area contributed by atoms with Gasteiger partial charge in [-0.25, -0.2) is 4.79 Å². The number of hydrogen-bond acceptors (Lipinski definition) is 2. The van der Waals surface area contributed by atoms with Crippen LogP contribution in [0.1, 0.15) is 46.0 Å². The Bertz CT molecular complexity index is 421. The molecule has 0 aromatic carbocycles. The lowest BCUT2D eigenvalue weighted by molar-refractivity contribution is -0.133. The maximum atomic E-state index is 11.0. The molecule has 2 aliphatic carbocycles. The zero-order chi connectivity index (χ0) is 13.5. The van der Waals surface area contributed by atoms with Crippen molar-refractivity contribution in [3.8, 4) is 0 Å². The van der Waals surface area contributed by atoms with Gasteiger partial charge in [-0.3, -0.25) is 0 Å². The summed E-state index contributed by atoms with van der Waals surface area (Å²) in [4.78, 5) is 11.0. The monoisotopic (exact) mass is 250 g/mol. The number of carbonyl (C=O) groups is 1. The van der Waals surface area contributed by atoms with Crippen LogP contribution in [0.2, 0.25) is 0 Å². The van der Waals surface area contributed by atoms with Crippen LogP contribution >= 0.6 is 0 Å². The molecule has 1 fully saturated rings. The van der Waals surface area contributed by atoms with Gasteiger partial charge in [-0.15, -0.1) is 0 Å². The van der Waals surface area contributed by atoms with E-state index < -0.39 is 12.1 Å². The maximum absolute atomic E-state index is 11.0. The van der Waals surface area contributed by atoms with Crippen LogP contribution in [-0.4, -0.2) is 22.3 Å². The standard InChI is InChI=1S/C15H22O3/c1-9-5-4-6-15(3)12(9)7-11(8-13(15)16)10(2)14(17)18/h11,13,16H,2,4-8H2,1,3H3,(H,17,18). The van der Waals surface area contributed by atoms with Gasteiger partial charge in [0.05, 0.1) is 6.10 Å². The SMILES string of the molecule is C=C(C(=O)O)C1CC2=C(C)CCCC2(C)C(O)C1. The maximum Gasteiger partial charge on any atom is 0.331 e. The minimum absolute atomic E-state index is 0.117. The first-order valence-corrected chi connectivity index (χ1v) is 6.65. The average molecular weight is 250 g/mol. The summed E-state index contributed by atoms with van der Waals surface area (Å²) < 4.78 is 0. The second-order valence-corrected chi connectivity index (χ2v) is 6.01. The smallest absolute Gasteiger partial charge is 0.331 e. The lowest BCUT2D eigenvalue weighted by Crippen LogP contribution is -2.43. The topological polar surface area (TPSA) is 57.5 Å². The van der Waals surface area contributed by atoms with E-state index in [4.69, 9.17) is 5.11 Å². The zero-order valence-electron chi connectivity index (χ0n) is 11.2. The van der Waals surface area contributed by atoms with Crippen LogP contribution in [0.4, 0.5) is 0 Å². The number of fused-ring (bicyclic) bond motifs is 1. The third kappa shape index (κ3) is 2.01. The summed E-state index contributed by atoms with van der Waals surface area (Å²) in [5, 5.41) is 19.5. The molecule has 100 valence electrons. The van der Waals surface area contributed by atoms with E-state index in [2.05, 4.69) is 20.4 Å². The Morgan fingerprint density at radius 3 is 2.78 bits per heavy atom. The van der Waals surface area contributed by atoms with Crippen molar-refractivity contribution in [3.05, 3.63) is 23.3 Å². The van der Waals surface area contributed by atoms with E-state index in [1.807, 2.05) is 0 Å². The van der Waals surface area contributed by atoms with Crippen LogP contribution in [0.25, 0.3) is 0 Å². The summed E-state index contributed by atoms with van der Waals surface area (Å²) in [6, 6.07) is 0. The highest BCUT2D eigenvalue weighted by molar-refractivity contribution is 5.86. The number of allylic oxidation sites excluding steroid dienone is 1. The molecule has 2 aliphatic rings. The lowest BCUT2D eigenvalue weighted by Gasteiger charge is -2.47. The number of hydrogen-bond donors (Lipinski definition) is 2. The van der Waals surface area contributed by atoms with Gasteiger partial charge in [0.15, 0.2) is 0 Å². The van der Waals surface area contributed by atoms with Crippen molar-refractivity contribution < 1.29 is 15.0 Å². The molecule has 1 saturated carbocycles. The van der Waals surface area contributed by atoms with Crippen LogP contribution in [0, 0.1) is 11.3 Å². The molecule has 2 N–H and O–H groups in total. The Morgan fingerprint density at radius 2 is 2.17 bits per heavy atom. The highest BCUT2D eigenvalue weighted by atomic mass is 16.4. The molecule has 3 atom stereocenters. The average Bonchev–Trinajstić information content (AvgIpc) is 2.30. The first-order valence-electron chi connectivity index (χ1n) is 6.65. The molecule has 0 aliphatic heterocycles. The van der Waals surface area contributed by atoms with Gasteiger partial charge >= 0.3 is 5.97 Å². The highest BCUT2D eigenvalue weighted by Gasteiger charge is 2.45. The largest absolute Gasteiger partial charge is 0.478 e. The molecule has 0 bridgehead atoms. The van der Waals surface area contributed by atoms with Crippen LogP contribution < -0.4 is 0 Å². The molecule has 2 rings (SSSR count). The fraction of sp³-hybridized carbons (Fsp3) is 0.667. The van der Waals surface area contributed by atoms with E-state index in [1.54, 1.807) is 0 Å². The number of rotatable bonds is 2. The van der Waals surface area contributed by atoms with Crippen molar-refractivity contribution in [2.24, 2.45) is 11.3 Å². The van der Waals surface area contributed by atoms with E-state index in [9.17, 15) is 9.90 Å². The molecule has 0 radical (unpaired) electrons. The summed E-state index contributed by atoms with van der Waals surface area (Å²) in [5.41, 5.74) is 2.71. The molecule has 0 amide bonds. The van der Waals surface area contributed by atoms with Crippen molar-refractivity contribution in [1.82, 2.24) is 0 Å². The van der Waals surface area contributed by atoms with Gasteiger partial charge in [-0.1, -0.05) is 24.6 Å². The summed E-state index contributed by atoms with van der Waals surface area (Å²) in [7, 11) is 0. The first-order chi connectivity index (χ1) is 8.36. The molecular weight excluding hydrogens is 228 g/mol. The Labute approximate surface area is 108 Å². The van der Waals surface area contributed by atoms with Crippen LogP contribution in [0.15, 0.2) is 23.3 Å². The molecule has 0 aromatic heterocycles. The van der Waals surface area contributed by atoms with E-state index in [0.717, 1.165) is 25.7 Å². The van der Waals surface area contributed by atoms with Gasteiger partial charge in [-0.2, -0.15) is 0 Å². The Balaban J connectivity index is 2.32. The first kappa shape index (κ1) is 13.3. The molecule has 18 heavy (non-hydrogen) atoms. The molecule has 0 spiro atoms. The number of carboxylic acids is 1. The van der Waals surface area contributed by atoms with Gasteiger partial charge in [0.25, 0.3) is 0 Å². The van der Waals surface area contributed by atoms with Gasteiger partial charge in [0.1, 0.15) is 0 Å². The fourth-order valence-corrected chi connectivity index (χ4v) is 3.58. The van der Waals surface area contributed by atoms with Crippen molar-refractivity contribution in [2.75, 3.05) is 0 Å². The summed E-state index contributed by atoms with van der Waals surface area (Å²) in [6.07, 6.45) is 4.03. The van der Waals surface area contributed by atoms with E-state index >= 15 is 0 Å². The fourth-order valence-electron chi connectivity index (χ4n) is 3.58. The Morgan fingerprint density at radius 1 is 1.50 bits per heavy atom. The molecule has 3 unspecified atom stereocenters. The molecule has 3 heteroatoms. The minimum Gasteiger partial charge on any atom is -0.478 e. The predicted molar refractivity (Wildman–Crippen MR) is 70.2 cm³/mol. The van der Waals surface area contributed by atoms with Crippen molar-refractivity contribution in [3.63, 3.8) is 0 Å². The van der Waals surface area contributed by atoms with E-state index in [-0.39, 0.29) is 16.9 Å². The molecule has 0 heterocycles. The summed E-state index contributed by atoms with van der Waals surface area (Å²) >= 11 is 0. The zero-order valence-corrected chi connectivity index (χ0v) is 11.2. The van der Waals surface area contributed by atoms with E-state index in [1.165, 1.54) is 11.1 Å². The molecule has 3 nitrogen and oxygen atoms in total. The van der Waals surface area contributed by atoms with Gasteiger partial charge in [-0.05, 0) is 44.9 Å². The van der Waals surface area contributed by atoms with Gasteiger partial charge in [0.2, 0.25) is 0 Å². The third-order valence-electron chi connectivity index (χ3n) is 4.91. The second-order valence-electron chi connectivity index (χ2n) is 6.01. The minimum atomic E-state index is -0.940. The number of aliphatic carboxylic acids is 1. The van der Waals surface area contributed by atoms with Crippen LogP contribution in [-0.2, 0) is 4.79 Å². The lowest BCUT2D eigenvalue weighted by atomic mass is 9.59. The highest BCUT2D eigenvalue weighted by Crippen LogP contribution is 2.52.